The molecule has 19 heteroatoms. The molecule has 17 nitrogen and oxygen atoms in total. The maximum absolute atomic E-state index is 13.1. The first-order chi connectivity index (χ1) is 49.9. The lowest BCUT2D eigenvalue weighted by molar-refractivity contribution is -0.161. The molecule has 0 saturated carbocycles. The summed E-state index contributed by atoms with van der Waals surface area (Å²) in [6.45, 7) is 9.68. The Morgan fingerprint density at radius 2 is 0.447 bits per heavy atom. The molecule has 0 amide bonds. The molecule has 5 atom stereocenters. The van der Waals surface area contributed by atoms with Crippen LogP contribution in [0.25, 0.3) is 0 Å². The topological polar surface area (TPSA) is 237 Å². The number of ether oxygens (including phenoxy) is 4. The summed E-state index contributed by atoms with van der Waals surface area (Å²) in [5, 5.41) is 10.7. The summed E-state index contributed by atoms with van der Waals surface area (Å²) in [7, 11) is -9.92. The quantitative estimate of drug-likeness (QED) is 0.0222. The van der Waals surface area contributed by atoms with Crippen LogP contribution in [0.4, 0.5) is 0 Å². The van der Waals surface area contributed by atoms with Gasteiger partial charge in [0.15, 0.2) is 12.2 Å². The van der Waals surface area contributed by atoms with Gasteiger partial charge < -0.3 is 33.8 Å². The lowest BCUT2D eigenvalue weighted by Gasteiger charge is -2.21. The average Bonchev–Trinajstić information content (AvgIpc) is 0.923. The number of unbranched alkanes of at least 4 members (excludes halogenated alkanes) is 53. The van der Waals surface area contributed by atoms with Crippen LogP contribution in [0.2, 0.25) is 0 Å². The van der Waals surface area contributed by atoms with E-state index in [0.29, 0.717) is 25.7 Å². The van der Waals surface area contributed by atoms with Gasteiger partial charge in [0.1, 0.15) is 19.3 Å². The van der Waals surface area contributed by atoms with Crippen LogP contribution >= 0.6 is 15.6 Å². The van der Waals surface area contributed by atoms with E-state index in [2.05, 4.69) is 41.5 Å². The molecule has 0 rings (SSSR count). The lowest BCUT2D eigenvalue weighted by atomic mass is 10.0. The maximum Gasteiger partial charge on any atom is 0.472 e. The minimum Gasteiger partial charge on any atom is -0.462 e. The average molecular weight is 1510 g/mol. The van der Waals surface area contributed by atoms with Gasteiger partial charge in [-0.25, -0.2) is 9.13 Å². The molecular formula is C84H164O17P2. The SMILES string of the molecule is CCCCCCCCCCCCCCCCCCCCCCCC(=O)O[C@H](COC(=O)CCCCCCCCCCCCCCCCC(C)C)COP(=O)(O)OC[C@@H](O)COP(=O)(O)OC[C@@H](COC(=O)CCCCCCCCCCCC)OC(=O)CCCCCCCCCCCCCCC(C)C. The number of aliphatic hydroxyl groups excluding tert-OH is 1. The molecule has 103 heavy (non-hydrogen) atoms. The summed E-state index contributed by atoms with van der Waals surface area (Å²) in [6.07, 6.45) is 66.6. The molecule has 0 aromatic rings. The van der Waals surface area contributed by atoms with E-state index in [1.807, 2.05) is 0 Å². The lowest BCUT2D eigenvalue weighted by Crippen LogP contribution is -2.30. The fourth-order valence-electron chi connectivity index (χ4n) is 13.1. The molecule has 0 aromatic carbocycles. The van der Waals surface area contributed by atoms with E-state index in [-0.39, 0.29) is 25.7 Å². The summed E-state index contributed by atoms with van der Waals surface area (Å²) in [6, 6.07) is 0. The normalized spacial score (nSPS) is 13.9. The Labute approximate surface area is 632 Å². The summed E-state index contributed by atoms with van der Waals surface area (Å²) in [5.41, 5.74) is 0. The van der Waals surface area contributed by atoms with Gasteiger partial charge in [-0.1, -0.05) is 395 Å². The van der Waals surface area contributed by atoms with Crippen molar-refractivity contribution in [3.05, 3.63) is 0 Å². The number of phosphoric acid groups is 2. The van der Waals surface area contributed by atoms with Gasteiger partial charge in [0.05, 0.1) is 26.4 Å². The van der Waals surface area contributed by atoms with E-state index in [1.165, 1.54) is 263 Å². The van der Waals surface area contributed by atoms with Gasteiger partial charge in [0.25, 0.3) is 0 Å². The number of hydrogen-bond acceptors (Lipinski definition) is 15. The predicted molar refractivity (Wildman–Crippen MR) is 423 cm³/mol. The first-order valence-corrected chi connectivity index (χ1v) is 46.5. The second kappa shape index (κ2) is 75.5. The van der Waals surface area contributed by atoms with Crippen molar-refractivity contribution in [3.63, 3.8) is 0 Å². The van der Waals surface area contributed by atoms with Crippen molar-refractivity contribution in [2.75, 3.05) is 39.6 Å². The maximum atomic E-state index is 13.1. The number of rotatable bonds is 83. The second-order valence-electron chi connectivity index (χ2n) is 31.2. The number of carbonyl (C=O) groups excluding carboxylic acids is 4. The van der Waals surface area contributed by atoms with Crippen molar-refractivity contribution in [1.29, 1.82) is 0 Å². The Hall–Kier alpha value is -1.94. The van der Waals surface area contributed by atoms with E-state index in [0.717, 1.165) is 102 Å². The molecule has 0 fully saturated rings. The first kappa shape index (κ1) is 101. The van der Waals surface area contributed by atoms with Gasteiger partial charge in [0, 0.05) is 25.7 Å². The number of esters is 4. The second-order valence-corrected chi connectivity index (χ2v) is 34.1. The van der Waals surface area contributed by atoms with Crippen molar-refractivity contribution >= 4 is 39.5 Å². The van der Waals surface area contributed by atoms with Gasteiger partial charge in [0.2, 0.25) is 0 Å². The van der Waals surface area contributed by atoms with Gasteiger partial charge in [-0.15, -0.1) is 0 Å². The molecule has 0 aliphatic rings. The zero-order valence-corrected chi connectivity index (χ0v) is 69.4. The third kappa shape index (κ3) is 78.0. The minimum absolute atomic E-state index is 0.107. The highest BCUT2D eigenvalue weighted by atomic mass is 31.2. The molecule has 0 saturated heterocycles. The molecule has 3 N–H and O–H groups in total. The number of phosphoric ester groups is 2. The van der Waals surface area contributed by atoms with Gasteiger partial charge in [-0.2, -0.15) is 0 Å². The molecular weight excluding hydrogens is 1340 g/mol. The summed E-state index contributed by atoms with van der Waals surface area (Å²) < 4.78 is 68.8. The third-order valence-electron chi connectivity index (χ3n) is 19.7. The van der Waals surface area contributed by atoms with Crippen LogP contribution in [-0.2, 0) is 65.4 Å². The molecule has 0 aliphatic carbocycles. The Bertz CT molecular complexity index is 1980. The zero-order chi connectivity index (χ0) is 75.6. The van der Waals surface area contributed by atoms with E-state index in [1.54, 1.807) is 0 Å². The third-order valence-corrected chi connectivity index (χ3v) is 21.6. The Kier molecular flexibility index (Phi) is 74.1. The van der Waals surface area contributed by atoms with Crippen LogP contribution in [0.3, 0.4) is 0 Å². The van der Waals surface area contributed by atoms with Crippen molar-refractivity contribution < 1.29 is 80.2 Å². The summed E-state index contributed by atoms with van der Waals surface area (Å²) in [4.78, 5) is 73.1. The van der Waals surface area contributed by atoms with Gasteiger partial charge in [-0.05, 0) is 37.5 Å². The van der Waals surface area contributed by atoms with E-state index >= 15 is 0 Å². The number of aliphatic hydroxyl groups is 1. The fraction of sp³-hybridized carbons (Fsp3) is 0.952. The van der Waals surface area contributed by atoms with Crippen molar-refractivity contribution in [2.24, 2.45) is 11.8 Å². The zero-order valence-electron chi connectivity index (χ0n) is 67.6. The number of carbonyl (C=O) groups is 4. The highest BCUT2D eigenvalue weighted by molar-refractivity contribution is 7.47. The van der Waals surface area contributed by atoms with Crippen molar-refractivity contribution in [2.45, 2.75) is 464 Å². The molecule has 612 valence electrons. The molecule has 2 unspecified atom stereocenters. The summed E-state index contributed by atoms with van der Waals surface area (Å²) in [5.74, 6) is -0.529. The molecule has 0 aromatic heterocycles. The smallest absolute Gasteiger partial charge is 0.462 e. The van der Waals surface area contributed by atoms with E-state index < -0.39 is 97.5 Å². The van der Waals surface area contributed by atoms with Crippen LogP contribution in [0.5, 0.6) is 0 Å². The number of hydrogen-bond donors (Lipinski definition) is 3. The van der Waals surface area contributed by atoms with Crippen molar-refractivity contribution in [1.82, 2.24) is 0 Å². The highest BCUT2D eigenvalue weighted by Gasteiger charge is 2.30. The molecule has 0 heterocycles. The first-order valence-electron chi connectivity index (χ1n) is 43.5. The highest BCUT2D eigenvalue weighted by Crippen LogP contribution is 2.45. The van der Waals surface area contributed by atoms with Crippen LogP contribution < -0.4 is 0 Å². The molecule has 0 spiro atoms. The predicted octanol–water partition coefficient (Wildman–Crippen LogP) is 25.5. The largest absolute Gasteiger partial charge is 0.472 e. The monoisotopic (exact) mass is 1510 g/mol. The molecule has 0 bridgehead atoms. The Morgan fingerprint density at radius 1 is 0.262 bits per heavy atom. The van der Waals surface area contributed by atoms with Crippen molar-refractivity contribution in [3.8, 4) is 0 Å². The molecule has 0 aliphatic heterocycles. The standard InChI is InChI=1S/C84H164O17P2/c1-7-9-11-13-15-17-19-20-21-22-23-24-25-26-27-32-38-44-50-56-62-68-83(88)101-80(73-95-82(87)67-61-55-49-43-37-31-29-28-30-35-40-46-52-58-64-76(3)4)75-99-103(92,93)97-71-78(85)70-96-102(90,91)98-74-79(72-94-81(86)66-60-54-48-42-18-16-14-12-10-8-2)100-84(89)69-63-57-51-45-39-34-33-36-41-47-53-59-65-77(5)6/h76-80,85H,7-75H2,1-6H3,(H,90,91)(H,92,93)/t78-,79+,80+/m0/s1. The molecule has 0 radical (unpaired) electrons. The van der Waals surface area contributed by atoms with E-state index in [4.69, 9.17) is 37.0 Å². The van der Waals surface area contributed by atoms with E-state index in [9.17, 15) is 43.2 Å². The van der Waals surface area contributed by atoms with Crippen LogP contribution in [0.15, 0.2) is 0 Å². The Balaban J connectivity index is 5.22. The summed E-state index contributed by atoms with van der Waals surface area (Å²) >= 11 is 0. The van der Waals surface area contributed by atoms with Gasteiger partial charge >= 0.3 is 39.5 Å². The Morgan fingerprint density at radius 3 is 0.660 bits per heavy atom. The van der Waals surface area contributed by atoms with Crippen LogP contribution in [0.1, 0.15) is 446 Å². The minimum atomic E-state index is -4.96. The fourth-order valence-corrected chi connectivity index (χ4v) is 14.6. The van der Waals surface area contributed by atoms with Gasteiger partial charge in [-0.3, -0.25) is 37.3 Å². The van der Waals surface area contributed by atoms with Crippen LogP contribution in [-0.4, -0.2) is 96.7 Å². The van der Waals surface area contributed by atoms with Crippen LogP contribution in [0, 0.1) is 11.8 Å².